The summed E-state index contributed by atoms with van der Waals surface area (Å²) < 4.78 is 0. The summed E-state index contributed by atoms with van der Waals surface area (Å²) in [7, 11) is 10.7. The van der Waals surface area contributed by atoms with E-state index in [1.807, 2.05) is 6.07 Å². The smallest absolute Gasteiger partial charge is 0.0920 e. The van der Waals surface area contributed by atoms with Crippen LogP contribution in [-0.4, -0.2) is 9.52 Å². The van der Waals surface area contributed by atoms with Crippen LogP contribution in [0.1, 0.15) is 25.0 Å². The normalized spacial score (nSPS) is 11.1. The van der Waals surface area contributed by atoms with Crippen LogP contribution in [0, 0.1) is 18.9 Å². The zero-order valence-corrected chi connectivity index (χ0v) is 29.1. The van der Waals surface area contributed by atoms with Crippen LogP contribution in [0.15, 0.2) is 121 Å². The first-order valence-corrected chi connectivity index (χ1v) is 21.5. The van der Waals surface area contributed by atoms with Crippen LogP contribution in [0.2, 0.25) is 0 Å². The Kier molecular flexibility index (Phi) is 10.8. The van der Waals surface area contributed by atoms with Gasteiger partial charge in [0.15, 0.2) is 0 Å². The van der Waals surface area contributed by atoms with Gasteiger partial charge in [0, 0.05) is 0 Å². The van der Waals surface area contributed by atoms with Gasteiger partial charge in [-0.2, -0.15) is 35.5 Å². The van der Waals surface area contributed by atoms with E-state index >= 15 is 0 Å². The zero-order chi connectivity index (χ0) is 29.5. The van der Waals surface area contributed by atoms with E-state index < -0.39 is 20.8 Å². The molecule has 0 unspecified atom stereocenters. The molecule has 0 amide bonds. The zero-order valence-electron chi connectivity index (χ0n) is 24.1. The third-order valence-corrected chi connectivity index (χ3v) is 8.79. The summed E-state index contributed by atoms with van der Waals surface area (Å²) in [6, 6.07) is 47.0. The van der Waals surface area contributed by atoms with E-state index in [9.17, 15) is 0 Å². The van der Waals surface area contributed by atoms with Crippen molar-refractivity contribution < 1.29 is 20.8 Å². The molecular formula is C38H32Cl2SiZr. The largest absolute Gasteiger partial charge is 0.184 e. The van der Waals surface area contributed by atoms with E-state index in [4.69, 9.17) is 17.0 Å². The van der Waals surface area contributed by atoms with Crippen LogP contribution in [0.25, 0.3) is 44.2 Å². The van der Waals surface area contributed by atoms with E-state index in [1.54, 1.807) is 0 Å². The van der Waals surface area contributed by atoms with Gasteiger partial charge in [0.05, 0.1) is 9.52 Å². The average Bonchev–Trinajstić information content (AvgIpc) is 3.59. The van der Waals surface area contributed by atoms with Gasteiger partial charge in [-0.15, -0.1) is 40.1 Å². The summed E-state index contributed by atoms with van der Waals surface area (Å²) in [6.07, 6.45) is 1.13. The van der Waals surface area contributed by atoms with Gasteiger partial charge >= 0.3 is 37.9 Å². The standard InChI is InChI=1S/C26H25.C12H7Si.2ClH.Zr/c1-18(2)15-20-16-22-14-13-19(3)26(25(22)17-20)24-12-8-7-11-23(24)21-9-5-4-6-10-21;1-3-7-11-9(5-1)10-6-2-4-8-12(10)13-11;;;/h4-14,16-18H,15H2,1-3H3;1-7H;2*1H;/q2*-1;;;+4/p-2. The molecule has 0 spiro atoms. The fraction of sp³-hybridized carbons (Fsp3) is 0.132. The molecule has 0 fully saturated rings. The number of hydrogen-bond acceptors (Lipinski definition) is 0. The molecule has 42 heavy (non-hydrogen) atoms. The second-order valence-corrected chi connectivity index (χ2v) is 15.9. The molecule has 0 aliphatic carbocycles. The van der Waals surface area contributed by atoms with Gasteiger partial charge in [-0.1, -0.05) is 115 Å². The second-order valence-electron chi connectivity index (χ2n) is 10.8. The van der Waals surface area contributed by atoms with Crippen molar-refractivity contribution in [2.45, 2.75) is 27.2 Å². The quantitative estimate of drug-likeness (QED) is 0.128. The van der Waals surface area contributed by atoms with Gasteiger partial charge in [0.25, 0.3) is 0 Å². The molecule has 0 N–H and O–H groups in total. The summed E-state index contributed by atoms with van der Waals surface area (Å²) in [5.74, 6) is 0.674. The van der Waals surface area contributed by atoms with Crippen molar-refractivity contribution in [3.63, 3.8) is 0 Å². The number of benzene rings is 5. The van der Waals surface area contributed by atoms with Crippen LogP contribution in [-0.2, 0) is 27.3 Å². The molecule has 0 bridgehead atoms. The Balaban J connectivity index is 0.000000183. The number of fused-ring (bicyclic) bond motifs is 4. The first-order chi connectivity index (χ1) is 20.5. The van der Waals surface area contributed by atoms with Crippen molar-refractivity contribution in [3.05, 3.63) is 139 Å². The van der Waals surface area contributed by atoms with Gasteiger partial charge < -0.3 is 0 Å². The summed E-state index contributed by atoms with van der Waals surface area (Å²) in [4.78, 5) is 0. The maximum absolute atomic E-state index is 4.93. The maximum Gasteiger partial charge on any atom is 0.0920 e. The van der Waals surface area contributed by atoms with Crippen molar-refractivity contribution in [1.82, 2.24) is 0 Å². The summed E-state index contributed by atoms with van der Waals surface area (Å²) in [6.45, 7) is 6.80. The van der Waals surface area contributed by atoms with Crippen molar-refractivity contribution in [2.24, 2.45) is 5.92 Å². The molecule has 0 atom stereocenters. The van der Waals surface area contributed by atoms with Crippen molar-refractivity contribution in [1.29, 1.82) is 0 Å². The van der Waals surface area contributed by atoms with Gasteiger partial charge in [0.2, 0.25) is 0 Å². The van der Waals surface area contributed by atoms with E-state index in [1.165, 1.54) is 65.7 Å². The van der Waals surface area contributed by atoms with E-state index in [2.05, 4.69) is 142 Å². The Morgan fingerprint density at radius 1 is 0.762 bits per heavy atom. The number of rotatable bonds is 4. The molecule has 0 aromatic heterocycles. The van der Waals surface area contributed by atoms with Crippen molar-refractivity contribution in [2.75, 3.05) is 0 Å². The van der Waals surface area contributed by atoms with Crippen LogP contribution in [0.3, 0.4) is 0 Å². The van der Waals surface area contributed by atoms with Crippen LogP contribution in [0.5, 0.6) is 0 Å². The third-order valence-electron chi connectivity index (χ3n) is 7.42. The summed E-state index contributed by atoms with van der Waals surface area (Å²) >= 11 is -0.826. The van der Waals surface area contributed by atoms with Gasteiger partial charge in [-0.3, -0.25) is 0 Å². The van der Waals surface area contributed by atoms with Crippen molar-refractivity contribution in [3.8, 4) is 33.4 Å². The van der Waals surface area contributed by atoms with E-state index in [-0.39, 0.29) is 0 Å². The van der Waals surface area contributed by atoms with Crippen LogP contribution < -0.4 is 10.4 Å². The molecule has 206 valence electrons. The Labute approximate surface area is 271 Å². The topological polar surface area (TPSA) is 0 Å². The minimum Gasteiger partial charge on any atom is -0.184 e. The molecule has 7 rings (SSSR count). The minimum atomic E-state index is -0.826. The fourth-order valence-electron chi connectivity index (χ4n) is 5.70. The molecule has 2 radical (unpaired) electrons. The first-order valence-electron chi connectivity index (χ1n) is 14.2. The van der Waals surface area contributed by atoms with Gasteiger partial charge in [0.1, 0.15) is 0 Å². The van der Waals surface area contributed by atoms with Crippen molar-refractivity contribution >= 4 is 47.7 Å². The second kappa shape index (κ2) is 14.7. The maximum atomic E-state index is 4.93. The Bertz CT molecular complexity index is 1730. The predicted octanol–water partition coefficient (Wildman–Crippen LogP) is 9.90. The Morgan fingerprint density at radius 2 is 1.40 bits per heavy atom. The minimum absolute atomic E-state index is 0.674. The Morgan fingerprint density at radius 3 is 2.14 bits per heavy atom. The van der Waals surface area contributed by atoms with Crippen LogP contribution >= 0.6 is 17.0 Å². The molecule has 6 aromatic rings. The molecule has 0 saturated heterocycles. The number of aryl methyl sites for hydroxylation is 1. The SMILES string of the molecule is Cc1ccc2[cH-]c(CC(C)C)cc2c1-c1ccccc1-c1ccccc1.[Cl][Zr+2][Cl].[c-]1cccc2c1[Si]c1ccccc1-2. The Hall–Kier alpha value is -2.61. The van der Waals surface area contributed by atoms with Crippen LogP contribution in [0.4, 0.5) is 0 Å². The monoisotopic (exact) mass is 676 g/mol. The molecule has 1 heterocycles. The van der Waals surface area contributed by atoms with E-state index in [0.717, 1.165) is 15.9 Å². The summed E-state index contributed by atoms with van der Waals surface area (Å²) in [5.41, 5.74) is 10.8. The third kappa shape index (κ3) is 7.12. The van der Waals surface area contributed by atoms with E-state index in [0.29, 0.717) is 5.92 Å². The number of halogens is 2. The first kappa shape index (κ1) is 30.8. The number of hydrogen-bond donors (Lipinski definition) is 0. The molecule has 1 aliphatic rings. The summed E-state index contributed by atoms with van der Waals surface area (Å²) in [5, 5.41) is 5.55. The predicted molar refractivity (Wildman–Crippen MR) is 181 cm³/mol. The average molecular weight is 679 g/mol. The molecule has 4 heteroatoms. The molecule has 0 nitrogen and oxygen atoms in total. The van der Waals surface area contributed by atoms with Gasteiger partial charge in [-0.05, 0) is 36.0 Å². The molecular weight excluding hydrogens is 647 g/mol. The van der Waals surface area contributed by atoms with Gasteiger partial charge in [-0.25, -0.2) is 0 Å². The molecule has 6 aromatic carbocycles. The fourth-order valence-corrected chi connectivity index (χ4v) is 7.01. The molecule has 1 aliphatic heterocycles. The molecule has 0 saturated carbocycles.